The van der Waals surface area contributed by atoms with Gasteiger partial charge in [0.05, 0.1) is 30.8 Å². The fraction of sp³-hybridized carbons (Fsp3) is 0.367. The second-order valence-corrected chi connectivity index (χ2v) is 12.3. The normalized spacial score (nSPS) is 22.7. The minimum atomic E-state index is -3.98. The Bertz CT molecular complexity index is 1440. The van der Waals surface area contributed by atoms with Crippen molar-refractivity contribution in [2.45, 2.75) is 55.2 Å². The molecule has 5 atom stereocenters. The monoisotopic (exact) mass is 604 g/mol. The summed E-state index contributed by atoms with van der Waals surface area (Å²) in [6.45, 7) is 2.46. The van der Waals surface area contributed by atoms with E-state index in [0.717, 1.165) is 16.9 Å². The zero-order chi connectivity index (χ0) is 29.7. The molecule has 1 aliphatic rings. The van der Waals surface area contributed by atoms with Gasteiger partial charge in [0, 0.05) is 5.02 Å². The summed E-state index contributed by atoms with van der Waals surface area (Å²) in [6.07, 6.45) is -6.80. The summed E-state index contributed by atoms with van der Waals surface area (Å²) >= 11 is 6.46. The van der Waals surface area contributed by atoms with Crippen LogP contribution >= 0.6 is 11.6 Å². The van der Waals surface area contributed by atoms with E-state index in [2.05, 4.69) is 4.74 Å². The number of hydrogen-bond donors (Lipinski definition) is 3. The predicted molar refractivity (Wildman–Crippen MR) is 152 cm³/mol. The zero-order valence-electron chi connectivity index (χ0n) is 22.6. The standard InChI is InChI=1S/C30H33ClO9S/c1-3-39-22-9-4-18(5-10-22)14-21-16-20(8-13-24(21)31)30-29(35)28(34)27(33)25(40-30)17-41(36,37)23-11-6-19(7-12-23)15-26(32)38-2/h4-13,16,25,27-30,33-35H,3,14-15,17H2,1-2H3/t25-,27+,28-,29-,30+/m1/s1. The van der Waals surface area contributed by atoms with E-state index in [-0.39, 0.29) is 11.3 Å². The first-order valence-electron chi connectivity index (χ1n) is 13.1. The van der Waals surface area contributed by atoms with Crippen LogP contribution in [-0.4, -0.2) is 73.6 Å². The van der Waals surface area contributed by atoms with Gasteiger partial charge in [0.25, 0.3) is 0 Å². The number of ether oxygens (including phenoxy) is 3. The van der Waals surface area contributed by atoms with E-state index < -0.39 is 52.1 Å². The van der Waals surface area contributed by atoms with Crippen LogP contribution in [0.25, 0.3) is 0 Å². The fourth-order valence-corrected chi connectivity index (χ4v) is 6.36. The molecule has 1 fully saturated rings. The molecule has 1 saturated heterocycles. The number of carbonyl (C=O) groups excluding carboxylic acids is 1. The van der Waals surface area contributed by atoms with E-state index in [0.29, 0.717) is 29.2 Å². The van der Waals surface area contributed by atoms with Crippen LogP contribution in [0.3, 0.4) is 0 Å². The van der Waals surface area contributed by atoms with Gasteiger partial charge in [-0.3, -0.25) is 4.79 Å². The predicted octanol–water partition coefficient (Wildman–Crippen LogP) is 3.04. The third kappa shape index (κ3) is 7.45. The number of hydrogen-bond acceptors (Lipinski definition) is 9. The highest BCUT2D eigenvalue weighted by molar-refractivity contribution is 7.91. The highest BCUT2D eigenvalue weighted by atomic mass is 35.5. The second kappa shape index (κ2) is 13.3. The number of sulfone groups is 1. The van der Waals surface area contributed by atoms with E-state index in [9.17, 15) is 28.5 Å². The summed E-state index contributed by atoms with van der Waals surface area (Å²) in [4.78, 5) is 11.5. The Morgan fingerprint density at radius 2 is 1.59 bits per heavy atom. The van der Waals surface area contributed by atoms with Gasteiger partial charge in [-0.15, -0.1) is 0 Å². The quantitative estimate of drug-likeness (QED) is 0.298. The van der Waals surface area contributed by atoms with Crippen molar-refractivity contribution < 1.29 is 42.7 Å². The molecule has 0 aliphatic carbocycles. The third-order valence-corrected chi connectivity index (χ3v) is 9.11. The second-order valence-electron chi connectivity index (χ2n) is 9.85. The Morgan fingerprint density at radius 1 is 0.927 bits per heavy atom. The lowest BCUT2D eigenvalue weighted by Crippen LogP contribution is -2.56. The summed E-state index contributed by atoms with van der Waals surface area (Å²) in [5, 5.41) is 32.5. The molecule has 11 heteroatoms. The molecule has 0 radical (unpaired) electrons. The number of aliphatic hydroxyl groups excluding tert-OH is 3. The van der Waals surface area contributed by atoms with Crippen LogP contribution in [-0.2, 0) is 36.9 Å². The van der Waals surface area contributed by atoms with E-state index in [4.69, 9.17) is 21.1 Å². The Balaban J connectivity index is 1.53. The van der Waals surface area contributed by atoms with E-state index in [1.165, 1.54) is 31.4 Å². The van der Waals surface area contributed by atoms with Gasteiger partial charge < -0.3 is 29.5 Å². The van der Waals surface area contributed by atoms with Crippen LogP contribution in [0.5, 0.6) is 5.75 Å². The van der Waals surface area contributed by atoms with Crippen molar-refractivity contribution in [3.63, 3.8) is 0 Å². The molecular formula is C30H33ClO9S. The summed E-state index contributed by atoms with van der Waals surface area (Å²) < 4.78 is 42.4. The van der Waals surface area contributed by atoms with E-state index in [1.807, 2.05) is 31.2 Å². The molecule has 0 unspecified atom stereocenters. The zero-order valence-corrected chi connectivity index (χ0v) is 24.2. The van der Waals surface area contributed by atoms with Gasteiger partial charge in [-0.05, 0) is 65.9 Å². The summed E-state index contributed by atoms with van der Waals surface area (Å²) in [7, 11) is -2.71. The molecule has 220 valence electrons. The number of benzene rings is 3. The molecule has 41 heavy (non-hydrogen) atoms. The number of aliphatic hydroxyl groups is 3. The van der Waals surface area contributed by atoms with Gasteiger partial charge in [-0.2, -0.15) is 0 Å². The van der Waals surface area contributed by atoms with Crippen molar-refractivity contribution >= 4 is 27.4 Å². The Morgan fingerprint density at radius 3 is 2.22 bits per heavy atom. The van der Waals surface area contributed by atoms with E-state index in [1.54, 1.807) is 18.2 Å². The van der Waals surface area contributed by atoms with Gasteiger partial charge in [-0.1, -0.05) is 48.0 Å². The Kier molecular flexibility index (Phi) is 10.1. The third-order valence-electron chi connectivity index (χ3n) is 6.98. The lowest BCUT2D eigenvalue weighted by molar-refractivity contribution is -0.218. The molecule has 0 saturated carbocycles. The molecule has 3 aromatic carbocycles. The van der Waals surface area contributed by atoms with Gasteiger partial charge in [0.2, 0.25) is 0 Å². The molecule has 3 N–H and O–H groups in total. The molecule has 0 aromatic heterocycles. The van der Waals surface area contributed by atoms with Crippen LogP contribution in [0, 0.1) is 0 Å². The minimum absolute atomic E-state index is 0.00526. The fourth-order valence-electron chi connectivity index (χ4n) is 4.73. The SMILES string of the molecule is CCOc1ccc(Cc2cc([C@@H]3O[C@H](CS(=O)(=O)c4ccc(CC(=O)OC)cc4)[C@H](O)[C@@H](O)[C@H]3O)ccc2Cl)cc1. The number of esters is 1. The first-order chi connectivity index (χ1) is 19.5. The Labute approximate surface area is 244 Å². The summed E-state index contributed by atoms with van der Waals surface area (Å²) in [5.41, 5.74) is 2.76. The summed E-state index contributed by atoms with van der Waals surface area (Å²) in [6, 6.07) is 18.3. The van der Waals surface area contributed by atoms with Gasteiger partial charge in [0.1, 0.15) is 36.3 Å². The maximum absolute atomic E-state index is 13.2. The van der Waals surface area contributed by atoms with Crippen molar-refractivity contribution in [1.82, 2.24) is 0 Å². The smallest absolute Gasteiger partial charge is 0.309 e. The first kappa shape index (κ1) is 31.0. The van der Waals surface area contributed by atoms with Gasteiger partial charge in [-0.25, -0.2) is 8.42 Å². The molecule has 9 nitrogen and oxygen atoms in total. The number of methoxy groups -OCH3 is 1. The molecular weight excluding hydrogens is 572 g/mol. The number of carbonyl (C=O) groups is 1. The maximum Gasteiger partial charge on any atom is 0.309 e. The first-order valence-corrected chi connectivity index (χ1v) is 15.1. The highest BCUT2D eigenvalue weighted by Gasteiger charge is 2.46. The van der Waals surface area contributed by atoms with Crippen molar-refractivity contribution in [2.24, 2.45) is 0 Å². The van der Waals surface area contributed by atoms with Gasteiger partial charge in [0.15, 0.2) is 9.84 Å². The van der Waals surface area contributed by atoms with Gasteiger partial charge >= 0.3 is 5.97 Å². The lowest BCUT2D eigenvalue weighted by atomic mass is 9.90. The Hall–Kier alpha value is -2.99. The van der Waals surface area contributed by atoms with Crippen LogP contribution < -0.4 is 4.74 Å². The topological polar surface area (TPSA) is 140 Å². The average molecular weight is 605 g/mol. The van der Waals surface area contributed by atoms with Crippen molar-refractivity contribution in [3.8, 4) is 5.75 Å². The largest absolute Gasteiger partial charge is 0.494 e. The maximum atomic E-state index is 13.2. The average Bonchev–Trinajstić information content (AvgIpc) is 2.96. The summed E-state index contributed by atoms with van der Waals surface area (Å²) in [5.74, 6) is -0.347. The molecule has 0 bridgehead atoms. The molecule has 0 spiro atoms. The number of halogens is 1. The van der Waals surface area contributed by atoms with Crippen LogP contribution in [0.1, 0.15) is 35.3 Å². The lowest BCUT2D eigenvalue weighted by Gasteiger charge is -2.41. The molecule has 1 heterocycles. The van der Waals surface area contributed by atoms with Crippen LogP contribution in [0.4, 0.5) is 0 Å². The van der Waals surface area contributed by atoms with Crippen LogP contribution in [0.2, 0.25) is 5.02 Å². The minimum Gasteiger partial charge on any atom is -0.494 e. The molecule has 3 aromatic rings. The van der Waals surface area contributed by atoms with Crippen molar-refractivity contribution in [3.05, 3.63) is 94.0 Å². The van der Waals surface area contributed by atoms with Crippen LogP contribution in [0.15, 0.2) is 71.6 Å². The highest BCUT2D eigenvalue weighted by Crippen LogP contribution is 2.35. The molecule has 4 rings (SSSR count). The van der Waals surface area contributed by atoms with E-state index >= 15 is 0 Å². The number of rotatable bonds is 10. The van der Waals surface area contributed by atoms with Crippen molar-refractivity contribution in [2.75, 3.05) is 19.5 Å². The molecule has 0 amide bonds. The molecule has 1 aliphatic heterocycles. The van der Waals surface area contributed by atoms with Crippen molar-refractivity contribution in [1.29, 1.82) is 0 Å².